The minimum absolute atomic E-state index is 0.131. The van der Waals surface area contributed by atoms with Crippen molar-refractivity contribution in [2.24, 2.45) is 5.73 Å². The van der Waals surface area contributed by atoms with Gasteiger partial charge in [0.2, 0.25) is 0 Å². The summed E-state index contributed by atoms with van der Waals surface area (Å²) in [5.41, 5.74) is 3.72. The first kappa shape index (κ1) is 9.68. The van der Waals surface area contributed by atoms with Crippen LogP contribution in [-0.4, -0.2) is 18.4 Å². The molecule has 0 aromatic carbocycles. The summed E-state index contributed by atoms with van der Waals surface area (Å²) in [5, 5.41) is 0.205. The normalized spacial score (nSPS) is 35.9. The number of allylic oxidation sites excluding steroid dienone is 2. The summed E-state index contributed by atoms with van der Waals surface area (Å²) in [4.78, 5) is 0. The lowest BCUT2D eigenvalue weighted by Crippen LogP contribution is -2.31. The van der Waals surface area contributed by atoms with E-state index in [4.69, 9.17) is 17.3 Å². The molecule has 0 heterocycles. The van der Waals surface area contributed by atoms with E-state index in [0.717, 1.165) is 19.1 Å². The predicted octanol–water partition coefficient (Wildman–Crippen LogP) is 2.07. The summed E-state index contributed by atoms with van der Waals surface area (Å²) in [6.45, 7) is 1.27. The molecule has 0 saturated carbocycles. The summed E-state index contributed by atoms with van der Waals surface area (Å²) in [5.74, 6) is 0. The quantitative estimate of drug-likeness (QED) is 0.678. The molecule has 1 aliphatic carbocycles. The van der Waals surface area contributed by atoms with Crippen LogP contribution in [0.15, 0.2) is 22.8 Å². The van der Waals surface area contributed by atoms with E-state index >= 15 is 0 Å². The predicted molar refractivity (Wildman–Crippen MR) is 45.5 cm³/mol. The van der Waals surface area contributed by atoms with Crippen LogP contribution in [0.4, 0.5) is 8.78 Å². The topological polar surface area (TPSA) is 26.0 Å². The van der Waals surface area contributed by atoms with Crippen LogP contribution in [0.25, 0.3) is 0 Å². The molecule has 0 spiro atoms. The van der Waals surface area contributed by atoms with Crippen molar-refractivity contribution in [3.63, 3.8) is 0 Å². The van der Waals surface area contributed by atoms with Crippen molar-refractivity contribution in [3.8, 4) is 0 Å². The van der Waals surface area contributed by atoms with Crippen molar-refractivity contribution in [2.75, 3.05) is 6.54 Å². The molecule has 2 atom stereocenters. The number of alkyl halides is 2. The molecule has 1 unspecified atom stereocenters. The maximum Gasteiger partial charge on any atom is 0.162 e. The van der Waals surface area contributed by atoms with E-state index in [1.807, 2.05) is 0 Å². The largest absolute Gasteiger partial charge is 0.326 e. The van der Waals surface area contributed by atoms with Crippen LogP contribution in [-0.2, 0) is 0 Å². The highest BCUT2D eigenvalue weighted by Gasteiger charge is 2.34. The molecule has 4 heteroatoms. The van der Waals surface area contributed by atoms with E-state index in [1.165, 1.54) is 0 Å². The van der Waals surface area contributed by atoms with Crippen LogP contribution in [0.1, 0.15) is 6.92 Å². The highest BCUT2D eigenvalue weighted by atomic mass is 35.5. The molecule has 1 rings (SSSR count). The zero-order valence-electron chi connectivity index (χ0n) is 6.65. The van der Waals surface area contributed by atoms with E-state index in [9.17, 15) is 8.78 Å². The summed E-state index contributed by atoms with van der Waals surface area (Å²) >= 11 is 5.64. The van der Waals surface area contributed by atoms with Crippen LogP contribution >= 0.6 is 11.6 Å². The van der Waals surface area contributed by atoms with Crippen LogP contribution in [0.3, 0.4) is 0 Å². The molecule has 1 nitrogen and oxygen atoms in total. The second-order valence-electron chi connectivity index (χ2n) is 2.94. The Hall–Kier alpha value is -0.410. The van der Waals surface area contributed by atoms with Crippen LogP contribution in [0.5, 0.6) is 0 Å². The first-order chi connectivity index (χ1) is 5.47. The molecule has 0 amide bonds. The number of hydrogen-bond acceptors (Lipinski definition) is 1. The molecule has 1 aliphatic rings. The van der Waals surface area contributed by atoms with E-state index in [1.54, 1.807) is 0 Å². The van der Waals surface area contributed by atoms with Crippen LogP contribution in [0.2, 0.25) is 0 Å². The van der Waals surface area contributed by atoms with Gasteiger partial charge in [-0.2, -0.15) is 0 Å². The Morgan fingerprint density at radius 1 is 1.75 bits per heavy atom. The molecular weight excluding hydrogens is 184 g/mol. The molecule has 0 saturated heterocycles. The number of nitrogens with two attached hydrogens (primary N) is 1. The van der Waals surface area contributed by atoms with E-state index < -0.39 is 11.8 Å². The van der Waals surface area contributed by atoms with Gasteiger partial charge in [-0.15, -0.1) is 0 Å². The Morgan fingerprint density at radius 3 is 2.83 bits per heavy atom. The second-order valence-corrected chi connectivity index (χ2v) is 3.35. The summed E-state index contributed by atoms with van der Waals surface area (Å²) < 4.78 is 26.2. The maximum atomic E-state index is 13.2. The fraction of sp³-hybridized carbons (Fsp3) is 0.500. The zero-order valence-corrected chi connectivity index (χ0v) is 7.41. The number of rotatable bonds is 1. The maximum absolute atomic E-state index is 13.2. The van der Waals surface area contributed by atoms with Crippen molar-refractivity contribution >= 4 is 11.6 Å². The molecular formula is C8H10ClF2N. The average molecular weight is 194 g/mol. The molecule has 12 heavy (non-hydrogen) atoms. The minimum Gasteiger partial charge on any atom is -0.326 e. The highest BCUT2D eigenvalue weighted by Crippen LogP contribution is 2.32. The van der Waals surface area contributed by atoms with Crippen molar-refractivity contribution < 1.29 is 8.78 Å². The Labute approximate surface area is 74.9 Å². The Morgan fingerprint density at radius 2 is 2.33 bits per heavy atom. The van der Waals surface area contributed by atoms with Gasteiger partial charge >= 0.3 is 0 Å². The van der Waals surface area contributed by atoms with Gasteiger partial charge < -0.3 is 5.73 Å². The van der Waals surface area contributed by atoms with Crippen molar-refractivity contribution in [3.05, 3.63) is 22.8 Å². The van der Waals surface area contributed by atoms with Gasteiger partial charge in [0.1, 0.15) is 0 Å². The fourth-order valence-electron chi connectivity index (χ4n) is 1.00. The Kier molecular flexibility index (Phi) is 2.54. The van der Waals surface area contributed by atoms with Gasteiger partial charge in [0.05, 0.1) is 0 Å². The van der Waals surface area contributed by atoms with Gasteiger partial charge in [0.25, 0.3) is 0 Å². The Bertz CT molecular complexity index is 245. The van der Waals surface area contributed by atoms with E-state index in [0.29, 0.717) is 5.57 Å². The molecule has 0 bridgehead atoms. The van der Waals surface area contributed by atoms with Crippen molar-refractivity contribution in [1.29, 1.82) is 0 Å². The van der Waals surface area contributed by atoms with Crippen LogP contribution < -0.4 is 5.73 Å². The molecule has 0 radical (unpaired) electrons. The standard InChI is InChI=1S/C8H10ClF2N/c1-8(11)3-6(9)5(4-12)2-7(8)10/h2-3,7H,4,12H2,1H3/t7?,8-/m0/s1. The highest BCUT2D eigenvalue weighted by molar-refractivity contribution is 6.32. The lowest BCUT2D eigenvalue weighted by atomic mass is 9.93. The molecule has 0 aromatic rings. The minimum atomic E-state index is -2.00. The van der Waals surface area contributed by atoms with Gasteiger partial charge in [-0.3, -0.25) is 0 Å². The monoisotopic (exact) mass is 193 g/mol. The van der Waals surface area contributed by atoms with Gasteiger partial charge in [-0.05, 0) is 24.6 Å². The fourth-order valence-corrected chi connectivity index (χ4v) is 1.36. The Balaban J connectivity index is 2.96. The van der Waals surface area contributed by atoms with Gasteiger partial charge in [-0.25, -0.2) is 8.78 Å². The zero-order chi connectivity index (χ0) is 9.35. The average Bonchev–Trinajstić information content (AvgIpc) is 1.96. The van der Waals surface area contributed by atoms with Gasteiger partial charge in [-0.1, -0.05) is 11.6 Å². The first-order valence-corrected chi connectivity index (χ1v) is 3.97. The van der Waals surface area contributed by atoms with Gasteiger partial charge in [0.15, 0.2) is 11.8 Å². The molecule has 2 N–H and O–H groups in total. The molecule has 0 fully saturated rings. The third-order valence-electron chi connectivity index (χ3n) is 1.82. The molecule has 0 aromatic heterocycles. The lowest BCUT2D eigenvalue weighted by molar-refractivity contribution is 0.143. The van der Waals surface area contributed by atoms with Crippen LogP contribution in [0, 0.1) is 0 Å². The van der Waals surface area contributed by atoms with E-state index in [-0.39, 0.29) is 11.6 Å². The molecule has 0 aliphatic heterocycles. The lowest BCUT2D eigenvalue weighted by Gasteiger charge is -2.24. The van der Waals surface area contributed by atoms with Crippen molar-refractivity contribution in [1.82, 2.24) is 0 Å². The molecule has 68 valence electrons. The number of hydrogen-bond donors (Lipinski definition) is 1. The second kappa shape index (κ2) is 3.15. The third-order valence-corrected chi connectivity index (χ3v) is 2.17. The van der Waals surface area contributed by atoms with E-state index in [2.05, 4.69) is 0 Å². The first-order valence-electron chi connectivity index (χ1n) is 3.60. The smallest absolute Gasteiger partial charge is 0.162 e. The summed E-state index contributed by atoms with van der Waals surface area (Å²) in [6, 6.07) is 0. The third kappa shape index (κ3) is 1.67. The van der Waals surface area contributed by atoms with Gasteiger partial charge in [0, 0.05) is 11.6 Å². The SMILES string of the molecule is C[C@]1(F)C=C(Cl)C(CN)=CC1F. The summed E-state index contributed by atoms with van der Waals surface area (Å²) in [7, 11) is 0. The van der Waals surface area contributed by atoms with Crippen molar-refractivity contribution in [2.45, 2.75) is 18.8 Å². The summed E-state index contributed by atoms with van der Waals surface area (Å²) in [6.07, 6.45) is 0.530. The number of halogens is 3.